The maximum Gasteiger partial charge on any atom is 0.325 e. The third-order valence-electron chi connectivity index (χ3n) is 10.3. The highest BCUT2D eigenvalue weighted by atomic mass is 16.5. The van der Waals surface area contributed by atoms with Crippen LogP contribution in [0.25, 0.3) is 22.3 Å². The number of aromatic nitrogens is 3. The molecule has 2 aliphatic heterocycles. The molecule has 0 amide bonds. The van der Waals surface area contributed by atoms with E-state index in [-0.39, 0.29) is 29.4 Å². The molecule has 2 saturated heterocycles. The zero-order valence-corrected chi connectivity index (χ0v) is 23.2. The molecule has 8 nitrogen and oxygen atoms in total. The summed E-state index contributed by atoms with van der Waals surface area (Å²) in [4.78, 5) is 47.1. The fraction of sp³-hybridized carbons (Fsp3) is 0.562. The summed E-state index contributed by atoms with van der Waals surface area (Å²) >= 11 is 0. The van der Waals surface area contributed by atoms with Crippen molar-refractivity contribution in [2.24, 2.45) is 11.8 Å². The van der Waals surface area contributed by atoms with E-state index < -0.39 is 11.5 Å². The van der Waals surface area contributed by atoms with Crippen LogP contribution in [0.15, 0.2) is 52.2 Å². The minimum absolute atomic E-state index is 0.0667. The molecule has 40 heavy (non-hydrogen) atoms. The van der Waals surface area contributed by atoms with Crippen molar-refractivity contribution < 1.29 is 9.53 Å². The standard InChI is InChI=1S/C32H38N4O4/c1-40-29(37)19-34-13-5-8-26(31(34)38)30-32(39)36(28-10-3-2-9-27(28)33-30)25-17-22-11-12-23(18-25)35(22)24-15-20-6-4-7-21(14-20)16-24/h2-3,5,8-10,13,20-25H,4,6-7,11-12,14-19H2,1H3/t20-,21+,22-,23+,24+,25+. The highest BCUT2D eigenvalue weighted by Crippen LogP contribution is 2.48. The largest absolute Gasteiger partial charge is 0.468 e. The van der Waals surface area contributed by atoms with Gasteiger partial charge < -0.3 is 13.9 Å². The Hall–Kier alpha value is -3.26. The summed E-state index contributed by atoms with van der Waals surface area (Å²) in [6, 6.07) is 12.8. The number of hydrogen-bond donors (Lipinski definition) is 0. The van der Waals surface area contributed by atoms with Crippen molar-refractivity contribution in [3.63, 3.8) is 0 Å². The van der Waals surface area contributed by atoms with Gasteiger partial charge in [-0.2, -0.15) is 0 Å². The van der Waals surface area contributed by atoms with Crippen molar-refractivity contribution in [2.75, 3.05) is 7.11 Å². The summed E-state index contributed by atoms with van der Waals surface area (Å²) in [5.41, 5.74) is 1.25. The van der Waals surface area contributed by atoms with E-state index in [1.807, 2.05) is 28.8 Å². The second-order valence-electron chi connectivity index (χ2n) is 12.5. The molecule has 4 aliphatic rings. The van der Waals surface area contributed by atoms with Crippen LogP contribution in [0.1, 0.15) is 70.3 Å². The minimum atomic E-state index is -0.521. The molecular formula is C32H38N4O4. The maximum atomic E-state index is 14.2. The van der Waals surface area contributed by atoms with E-state index in [2.05, 4.69) is 4.90 Å². The lowest BCUT2D eigenvalue weighted by molar-refractivity contribution is -0.141. The summed E-state index contributed by atoms with van der Waals surface area (Å²) in [6.45, 7) is -0.213. The number of hydrogen-bond acceptors (Lipinski definition) is 6. The van der Waals surface area contributed by atoms with Crippen LogP contribution in [-0.2, 0) is 16.1 Å². The van der Waals surface area contributed by atoms with E-state index in [0.29, 0.717) is 23.6 Å². The average molecular weight is 543 g/mol. The zero-order valence-electron chi connectivity index (χ0n) is 23.2. The SMILES string of the molecule is COC(=O)Cn1cccc(-c2nc3ccccc3n([C@H]3C[C@H]4CC[C@@H](C3)N4[C@H]3C[C@@H]4CCC[C@@H](C4)C3)c2=O)c1=O. The Morgan fingerprint density at radius 1 is 0.850 bits per heavy atom. The van der Waals surface area contributed by atoms with E-state index >= 15 is 0 Å². The van der Waals surface area contributed by atoms with Gasteiger partial charge >= 0.3 is 5.97 Å². The number of carbonyl (C=O) groups excluding carboxylic acids is 1. The lowest BCUT2D eigenvalue weighted by Crippen LogP contribution is -2.52. The van der Waals surface area contributed by atoms with Gasteiger partial charge in [0.15, 0.2) is 0 Å². The topological polar surface area (TPSA) is 86.4 Å². The molecule has 1 aromatic carbocycles. The fourth-order valence-electron chi connectivity index (χ4n) is 8.67. The van der Waals surface area contributed by atoms with E-state index in [1.165, 1.54) is 69.2 Å². The molecule has 7 rings (SSSR count). The molecule has 2 aliphatic carbocycles. The van der Waals surface area contributed by atoms with Crippen LogP contribution < -0.4 is 11.1 Å². The van der Waals surface area contributed by atoms with E-state index in [4.69, 9.17) is 9.72 Å². The van der Waals surface area contributed by atoms with Gasteiger partial charge in [-0.25, -0.2) is 4.98 Å². The molecule has 0 radical (unpaired) electrons. The van der Waals surface area contributed by atoms with Crippen LogP contribution in [0.2, 0.25) is 0 Å². The predicted octanol–water partition coefficient (Wildman–Crippen LogP) is 4.53. The molecule has 4 bridgehead atoms. The normalized spacial score (nSPS) is 29.9. The molecule has 2 aromatic heterocycles. The zero-order chi connectivity index (χ0) is 27.4. The first kappa shape index (κ1) is 25.7. The van der Waals surface area contributed by atoms with Crippen molar-refractivity contribution >= 4 is 17.0 Å². The number of pyridine rings is 1. The van der Waals surface area contributed by atoms with E-state index in [0.717, 1.165) is 30.2 Å². The highest BCUT2D eigenvalue weighted by molar-refractivity contribution is 5.78. The quantitative estimate of drug-likeness (QED) is 0.440. The van der Waals surface area contributed by atoms with Crippen molar-refractivity contribution in [3.05, 3.63) is 63.3 Å². The fourth-order valence-corrected chi connectivity index (χ4v) is 8.67. The smallest absolute Gasteiger partial charge is 0.325 e. The van der Waals surface area contributed by atoms with Crippen molar-refractivity contribution in [2.45, 2.75) is 94.9 Å². The molecule has 0 unspecified atom stereocenters. The molecule has 4 fully saturated rings. The molecule has 3 aromatic rings. The maximum absolute atomic E-state index is 14.2. The molecule has 0 spiro atoms. The van der Waals surface area contributed by atoms with Crippen molar-refractivity contribution in [1.29, 1.82) is 0 Å². The molecule has 2 saturated carbocycles. The second-order valence-corrected chi connectivity index (χ2v) is 12.5. The van der Waals surface area contributed by atoms with Gasteiger partial charge in [0, 0.05) is 30.4 Å². The Kier molecular flexibility index (Phi) is 6.61. The first-order valence-corrected chi connectivity index (χ1v) is 15.1. The Morgan fingerprint density at radius 3 is 2.30 bits per heavy atom. The lowest BCUT2D eigenvalue weighted by atomic mass is 9.69. The Balaban J connectivity index is 1.25. The number of piperidine rings is 1. The van der Waals surface area contributed by atoms with Crippen LogP contribution in [0.4, 0.5) is 0 Å². The number of ether oxygens (including phenoxy) is 1. The number of para-hydroxylation sites is 2. The Morgan fingerprint density at radius 2 is 1.57 bits per heavy atom. The van der Waals surface area contributed by atoms with Gasteiger partial charge in [-0.1, -0.05) is 31.4 Å². The van der Waals surface area contributed by atoms with Crippen LogP contribution in [0.5, 0.6) is 0 Å². The highest BCUT2D eigenvalue weighted by Gasteiger charge is 2.47. The number of nitrogens with zero attached hydrogens (tertiary/aromatic N) is 4. The van der Waals surface area contributed by atoms with Gasteiger partial charge in [0.2, 0.25) is 0 Å². The number of fused-ring (bicyclic) bond motifs is 5. The van der Waals surface area contributed by atoms with Gasteiger partial charge in [-0.05, 0) is 81.0 Å². The van der Waals surface area contributed by atoms with Crippen molar-refractivity contribution in [1.82, 2.24) is 19.0 Å². The van der Waals surface area contributed by atoms with E-state index in [1.54, 1.807) is 12.1 Å². The minimum Gasteiger partial charge on any atom is -0.468 e. The molecule has 4 heterocycles. The summed E-state index contributed by atoms with van der Waals surface area (Å²) in [5, 5.41) is 0. The number of benzene rings is 1. The summed E-state index contributed by atoms with van der Waals surface area (Å²) < 4.78 is 7.97. The number of rotatable bonds is 5. The number of esters is 1. The average Bonchev–Trinajstić information content (AvgIpc) is 3.23. The Labute approximate surface area is 234 Å². The summed E-state index contributed by atoms with van der Waals surface area (Å²) in [7, 11) is 1.29. The van der Waals surface area contributed by atoms with Gasteiger partial charge in [0.05, 0.1) is 23.7 Å². The third-order valence-corrected chi connectivity index (χ3v) is 10.3. The Bertz CT molecular complexity index is 1530. The lowest BCUT2D eigenvalue weighted by Gasteiger charge is -2.49. The summed E-state index contributed by atoms with van der Waals surface area (Å²) in [5.74, 6) is 1.28. The molecular weight excluding hydrogens is 504 g/mol. The van der Waals surface area contributed by atoms with Crippen LogP contribution in [0, 0.1) is 11.8 Å². The third kappa shape index (κ3) is 4.41. The van der Waals surface area contributed by atoms with Crippen LogP contribution in [-0.4, -0.2) is 50.2 Å². The van der Waals surface area contributed by atoms with E-state index in [9.17, 15) is 14.4 Å². The van der Waals surface area contributed by atoms with Gasteiger partial charge in [-0.3, -0.25) is 19.3 Å². The number of methoxy groups -OCH3 is 1. The first-order valence-electron chi connectivity index (χ1n) is 15.1. The van der Waals surface area contributed by atoms with Gasteiger partial charge in [-0.15, -0.1) is 0 Å². The van der Waals surface area contributed by atoms with Gasteiger partial charge in [0.1, 0.15) is 12.2 Å². The van der Waals surface area contributed by atoms with Crippen molar-refractivity contribution in [3.8, 4) is 11.3 Å². The van der Waals surface area contributed by atoms with Crippen LogP contribution in [0.3, 0.4) is 0 Å². The molecule has 6 atom stereocenters. The molecule has 0 N–H and O–H groups in total. The second kappa shape index (κ2) is 10.3. The monoisotopic (exact) mass is 542 g/mol. The molecule has 210 valence electrons. The predicted molar refractivity (Wildman–Crippen MR) is 153 cm³/mol. The summed E-state index contributed by atoms with van der Waals surface area (Å²) in [6.07, 6.45) is 14.2. The first-order chi connectivity index (χ1) is 19.5. The molecule has 8 heteroatoms. The number of carbonyl (C=O) groups is 1. The van der Waals surface area contributed by atoms with Crippen LogP contribution >= 0.6 is 0 Å². The van der Waals surface area contributed by atoms with Gasteiger partial charge in [0.25, 0.3) is 11.1 Å².